The molecular weight excluding hydrogens is 676 g/mol. The predicted molar refractivity (Wildman–Crippen MR) is 179 cm³/mol. The number of nitrogens with one attached hydrogen (secondary N) is 4. The number of aryl methyl sites for hydroxylation is 1. The molecule has 1 saturated carbocycles. The number of unbranched alkanes of at least 4 members (excludes halogenated alkanes) is 1. The maximum atomic E-state index is 12.6. The summed E-state index contributed by atoms with van der Waals surface area (Å²) in [5.74, 6) is -0.967. The number of aliphatic hydroxyl groups is 4. The summed E-state index contributed by atoms with van der Waals surface area (Å²) in [6.07, 6.45) is -7.16. The van der Waals surface area contributed by atoms with E-state index in [4.69, 9.17) is 42.9 Å². The molecular formula is C30H54N10O11. The van der Waals surface area contributed by atoms with Gasteiger partial charge in [0.1, 0.15) is 24.5 Å². The number of carbonyl (C=O) groups excluding carboxylic acids is 2. The lowest BCUT2D eigenvalue weighted by Crippen LogP contribution is -2.70. The fraction of sp³-hybridized carbons (Fsp3) is 0.800. The van der Waals surface area contributed by atoms with Crippen molar-refractivity contribution >= 4 is 11.8 Å². The van der Waals surface area contributed by atoms with Crippen LogP contribution in [0.15, 0.2) is 15.8 Å². The van der Waals surface area contributed by atoms with Crippen LogP contribution >= 0.6 is 0 Å². The Kier molecular flexibility index (Phi) is 14.6. The van der Waals surface area contributed by atoms with E-state index in [9.17, 15) is 39.6 Å². The third-order valence-corrected chi connectivity index (χ3v) is 9.59. The standard InChI is InChI=1S/C30H54N10O11/c1-12-11-40(30(48)39-26(12)45)18-9-16(41)25(50-18)28(47)37-5-3-2-4-13(32)27(46)38-7-6-36-20-21(42)14(33)8-15(34)24(20)51-29-19(35)23(44)22(43)17(10-31)49-29/h11,13-25,29,36,41-44H,2-10,31-35H2,1H3,(H,37,47)(H,38,46)(H,39,45,48)/t13-,14+,15-,16-,17+,18+,19+,20-,21-,22+,23+,24+,25-,29+/m0/s1. The Labute approximate surface area is 293 Å². The molecule has 2 saturated heterocycles. The van der Waals surface area contributed by atoms with Crippen molar-refractivity contribution in [1.29, 1.82) is 0 Å². The van der Waals surface area contributed by atoms with Gasteiger partial charge in [-0.3, -0.25) is 23.9 Å². The first-order valence-electron chi connectivity index (χ1n) is 17.2. The molecule has 51 heavy (non-hydrogen) atoms. The quantitative estimate of drug-likeness (QED) is 0.0745. The molecule has 2 aliphatic heterocycles. The molecule has 0 aromatic carbocycles. The van der Waals surface area contributed by atoms with E-state index in [-0.39, 0.29) is 44.6 Å². The first-order chi connectivity index (χ1) is 24.1. The average molecular weight is 731 g/mol. The minimum absolute atomic E-state index is 0.0177. The number of nitrogens with zero attached hydrogens (tertiary/aromatic N) is 1. The van der Waals surface area contributed by atoms with Crippen LogP contribution in [-0.2, 0) is 23.8 Å². The van der Waals surface area contributed by atoms with E-state index in [0.29, 0.717) is 19.3 Å². The van der Waals surface area contributed by atoms with E-state index in [1.807, 2.05) is 0 Å². The number of aromatic nitrogens is 2. The predicted octanol–water partition coefficient (Wildman–Crippen LogP) is -7.28. The number of ether oxygens (including phenoxy) is 3. The molecule has 21 nitrogen and oxygen atoms in total. The monoisotopic (exact) mass is 730 g/mol. The number of carbonyl (C=O) groups is 2. The van der Waals surface area contributed by atoms with E-state index >= 15 is 0 Å². The molecule has 0 spiro atoms. The highest BCUT2D eigenvalue weighted by atomic mass is 16.7. The molecule has 2 amide bonds. The molecule has 1 aliphatic carbocycles. The van der Waals surface area contributed by atoms with E-state index in [1.165, 1.54) is 13.1 Å². The van der Waals surface area contributed by atoms with Gasteiger partial charge in [-0.05, 0) is 32.6 Å². The van der Waals surface area contributed by atoms with Gasteiger partial charge in [-0.15, -0.1) is 0 Å². The number of nitrogens with two attached hydrogens (primary N) is 5. The van der Waals surface area contributed by atoms with E-state index in [0.717, 1.165) is 4.57 Å². The van der Waals surface area contributed by atoms with Gasteiger partial charge in [-0.1, -0.05) is 0 Å². The second-order valence-corrected chi connectivity index (χ2v) is 13.4. The fourth-order valence-corrected chi connectivity index (χ4v) is 6.51. The van der Waals surface area contributed by atoms with E-state index in [1.54, 1.807) is 0 Å². The summed E-state index contributed by atoms with van der Waals surface area (Å²) in [6, 6.07) is -4.05. The van der Waals surface area contributed by atoms with Gasteiger partial charge in [0.2, 0.25) is 5.91 Å². The summed E-state index contributed by atoms with van der Waals surface area (Å²) >= 11 is 0. The van der Waals surface area contributed by atoms with Crippen LogP contribution in [0, 0.1) is 6.92 Å². The SMILES string of the molecule is Cc1cn([C@H]2C[C@H](O)[C@@H](C(=O)NCCCC[C@H](N)C(=O)NCCN[C@H]3[C@@H](O)[C@H](N)C[C@H](N)[C@H]3O[C@H]3O[C@H](CN)[C@@H](O)[C@H](O)[C@H]3N)O2)c(=O)[nH]c1=O. The van der Waals surface area contributed by atoms with Gasteiger partial charge in [-0.25, -0.2) is 4.79 Å². The van der Waals surface area contributed by atoms with Crippen LogP contribution in [0.3, 0.4) is 0 Å². The Morgan fingerprint density at radius 1 is 1.00 bits per heavy atom. The minimum Gasteiger partial charge on any atom is -0.390 e. The maximum Gasteiger partial charge on any atom is 0.330 e. The van der Waals surface area contributed by atoms with Crippen molar-refractivity contribution in [2.75, 3.05) is 26.2 Å². The van der Waals surface area contributed by atoms with E-state index < -0.39 is 109 Å². The number of rotatable bonds is 15. The smallest absolute Gasteiger partial charge is 0.330 e. The van der Waals surface area contributed by atoms with Crippen molar-refractivity contribution in [3.63, 3.8) is 0 Å². The Hall–Kier alpha value is -2.90. The van der Waals surface area contributed by atoms with Crippen LogP contribution in [0.1, 0.15) is 43.9 Å². The number of hydrogen-bond donors (Lipinski definition) is 13. The van der Waals surface area contributed by atoms with Crippen LogP contribution in [0.2, 0.25) is 0 Å². The summed E-state index contributed by atoms with van der Waals surface area (Å²) in [5, 5.41) is 50.3. The molecule has 21 heteroatoms. The highest BCUT2D eigenvalue weighted by Crippen LogP contribution is 2.28. The third-order valence-electron chi connectivity index (χ3n) is 9.59. The van der Waals surface area contributed by atoms with Gasteiger partial charge >= 0.3 is 5.69 Å². The van der Waals surface area contributed by atoms with Gasteiger partial charge in [0.15, 0.2) is 12.4 Å². The van der Waals surface area contributed by atoms with Crippen LogP contribution in [-0.4, -0.2) is 147 Å². The van der Waals surface area contributed by atoms with Crippen LogP contribution in [0.5, 0.6) is 0 Å². The second-order valence-electron chi connectivity index (χ2n) is 13.4. The summed E-state index contributed by atoms with van der Waals surface area (Å²) < 4.78 is 18.5. The van der Waals surface area contributed by atoms with Crippen molar-refractivity contribution < 1.29 is 44.2 Å². The summed E-state index contributed by atoms with van der Waals surface area (Å²) in [4.78, 5) is 51.2. The molecule has 1 aromatic rings. The number of aliphatic hydroxyl groups excluding tert-OH is 4. The van der Waals surface area contributed by atoms with Gasteiger partial charge < -0.3 is 79.3 Å². The summed E-state index contributed by atoms with van der Waals surface area (Å²) in [7, 11) is 0. The second kappa shape index (κ2) is 18.2. The first kappa shape index (κ1) is 40.9. The molecule has 0 unspecified atom stereocenters. The minimum atomic E-state index is -1.36. The Morgan fingerprint density at radius 3 is 2.43 bits per heavy atom. The molecule has 0 radical (unpaired) electrons. The molecule has 3 aliphatic rings. The normalized spacial score (nSPS) is 36.1. The van der Waals surface area contributed by atoms with Crippen molar-refractivity contribution in [3.8, 4) is 0 Å². The highest BCUT2D eigenvalue weighted by molar-refractivity contribution is 5.82. The molecule has 3 heterocycles. The Balaban J connectivity index is 1.16. The van der Waals surface area contributed by atoms with Crippen LogP contribution < -0.4 is 55.9 Å². The summed E-state index contributed by atoms with van der Waals surface area (Å²) in [5.41, 5.74) is 29.2. The zero-order valence-corrected chi connectivity index (χ0v) is 28.5. The fourth-order valence-electron chi connectivity index (χ4n) is 6.51. The zero-order valence-electron chi connectivity index (χ0n) is 28.5. The van der Waals surface area contributed by atoms with Gasteiger partial charge in [0, 0.05) is 56.4 Å². The third kappa shape index (κ3) is 9.95. The van der Waals surface area contributed by atoms with Gasteiger partial charge in [0.25, 0.3) is 11.5 Å². The van der Waals surface area contributed by atoms with Crippen LogP contribution in [0.25, 0.3) is 0 Å². The summed E-state index contributed by atoms with van der Waals surface area (Å²) in [6.45, 7) is 1.97. The lowest BCUT2D eigenvalue weighted by molar-refractivity contribution is -0.279. The van der Waals surface area contributed by atoms with Gasteiger partial charge in [-0.2, -0.15) is 0 Å². The number of aromatic amines is 1. The lowest BCUT2D eigenvalue weighted by atomic mass is 9.82. The zero-order chi connectivity index (χ0) is 37.6. The largest absolute Gasteiger partial charge is 0.390 e. The molecule has 0 bridgehead atoms. The lowest BCUT2D eigenvalue weighted by Gasteiger charge is -2.47. The van der Waals surface area contributed by atoms with Gasteiger partial charge in [0.05, 0.1) is 36.4 Å². The van der Waals surface area contributed by atoms with Crippen molar-refractivity contribution in [3.05, 3.63) is 32.6 Å². The molecule has 3 fully saturated rings. The molecule has 4 rings (SSSR count). The number of hydrogen-bond acceptors (Lipinski definition) is 17. The molecule has 18 N–H and O–H groups in total. The maximum absolute atomic E-state index is 12.6. The molecule has 1 aromatic heterocycles. The molecule has 290 valence electrons. The van der Waals surface area contributed by atoms with Crippen molar-refractivity contribution in [2.45, 2.75) is 124 Å². The van der Waals surface area contributed by atoms with Crippen molar-refractivity contribution in [1.82, 2.24) is 25.5 Å². The Bertz CT molecular complexity index is 1430. The number of H-pyrrole nitrogens is 1. The van der Waals surface area contributed by atoms with E-state index in [2.05, 4.69) is 20.9 Å². The number of amides is 2. The van der Waals surface area contributed by atoms with Crippen LogP contribution in [0.4, 0.5) is 0 Å². The average Bonchev–Trinajstić information content (AvgIpc) is 3.48. The molecule has 14 atom stereocenters. The highest BCUT2D eigenvalue weighted by Gasteiger charge is 2.48. The van der Waals surface area contributed by atoms with Crippen molar-refractivity contribution in [2.24, 2.45) is 28.7 Å². The Morgan fingerprint density at radius 2 is 1.73 bits per heavy atom. The first-order valence-corrected chi connectivity index (χ1v) is 17.2. The topological polar surface area (TPSA) is 364 Å².